The Morgan fingerprint density at radius 3 is 2.13 bits per heavy atom. The quantitative estimate of drug-likeness (QED) is 0.713. The molecule has 0 atom stereocenters. The first kappa shape index (κ1) is 11.8. The van der Waals surface area contributed by atoms with Crippen molar-refractivity contribution in [2.24, 2.45) is 0 Å². The Kier molecular flexibility index (Phi) is 2.69. The van der Waals surface area contributed by atoms with Crippen LogP contribution in [0.3, 0.4) is 0 Å². The lowest BCUT2D eigenvalue weighted by atomic mass is 9.94. The number of nitrogens with two attached hydrogens (primary N) is 1. The summed E-state index contributed by atoms with van der Waals surface area (Å²) in [7, 11) is 0. The molecule has 0 spiro atoms. The highest BCUT2D eigenvalue weighted by atomic mass is 19.4. The zero-order valence-corrected chi connectivity index (χ0v) is 8.39. The van der Waals surface area contributed by atoms with Crippen molar-refractivity contribution >= 4 is 5.69 Å². The van der Waals surface area contributed by atoms with Crippen molar-refractivity contribution in [3.05, 3.63) is 29.3 Å². The lowest BCUT2D eigenvalue weighted by Gasteiger charge is -2.21. The number of alkyl halides is 3. The standard InChI is InChI=1S/C10H12F3NO/c1-9(2,15)7-5-6(10(11,12)13)3-4-8(7)14/h3-5,15H,14H2,1-2H3. The fraction of sp³-hybridized carbons (Fsp3) is 0.400. The zero-order chi connectivity index (χ0) is 11.9. The molecule has 0 heterocycles. The van der Waals surface area contributed by atoms with E-state index >= 15 is 0 Å². The van der Waals surface area contributed by atoms with Crippen LogP contribution in [0.2, 0.25) is 0 Å². The largest absolute Gasteiger partial charge is 0.416 e. The number of benzene rings is 1. The molecule has 0 amide bonds. The van der Waals surface area contributed by atoms with E-state index < -0.39 is 17.3 Å². The number of nitrogen functional groups attached to an aromatic ring is 1. The molecule has 0 aromatic heterocycles. The normalized spacial score (nSPS) is 12.9. The Labute approximate surface area is 85.5 Å². The van der Waals surface area contributed by atoms with Crippen LogP contribution in [0, 0.1) is 0 Å². The van der Waals surface area contributed by atoms with Gasteiger partial charge in [-0.15, -0.1) is 0 Å². The van der Waals surface area contributed by atoms with Gasteiger partial charge in [-0.1, -0.05) is 0 Å². The van der Waals surface area contributed by atoms with Crippen molar-refractivity contribution in [1.29, 1.82) is 0 Å². The van der Waals surface area contributed by atoms with E-state index in [0.29, 0.717) is 0 Å². The second-order valence-electron chi connectivity index (χ2n) is 3.86. The maximum absolute atomic E-state index is 12.4. The summed E-state index contributed by atoms with van der Waals surface area (Å²) in [5, 5.41) is 9.61. The van der Waals surface area contributed by atoms with Crippen LogP contribution >= 0.6 is 0 Å². The molecule has 1 aromatic carbocycles. The van der Waals surface area contributed by atoms with E-state index in [4.69, 9.17) is 5.73 Å². The van der Waals surface area contributed by atoms with Gasteiger partial charge in [-0.3, -0.25) is 0 Å². The van der Waals surface area contributed by atoms with Crippen molar-refractivity contribution in [2.75, 3.05) is 5.73 Å². The van der Waals surface area contributed by atoms with E-state index in [2.05, 4.69) is 0 Å². The van der Waals surface area contributed by atoms with Gasteiger partial charge in [0.1, 0.15) is 0 Å². The second kappa shape index (κ2) is 3.41. The van der Waals surface area contributed by atoms with E-state index in [9.17, 15) is 18.3 Å². The second-order valence-corrected chi connectivity index (χ2v) is 3.86. The minimum absolute atomic E-state index is 0.0809. The van der Waals surface area contributed by atoms with Gasteiger partial charge in [-0.2, -0.15) is 13.2 Å². The summed E-state index contributed by atoms with van der Waals surface area (Å²) in [4.78, 5) is 0. The molecule has 2 nitrogen and oxygen atoms in total. The van der Waals surface area contributed by atoms with Gasteiger partial charge in [0, 0.05) is 11.3 Å². The molecule has 0 saturated carbocycles. The molecular weight excluding hydrogens is 207 g/mol. The molecule has 3 N–H and O–H groups in total. The number of halogens is 3. The number of hydrogen-bond acceptors (Lipinski definition) is 2. The van der Waals surface area contributed by atoms with Crippen LogP contribution in [0.4, 0.5) is 18.9 Å². The monoisotopic (exact) mass is 219 g/mol. The first-order valence-corrected chi connectivity index (χ1v) is 4.32. The molecule has 84 valence electrons. The van der Waals surface area contributed by atoms with Crippen LogP contribution in [-0.2, 0) is 11.8 Å². The summed E-state index contributed by atoms with van der Waals surface area (Å²) in [5.74, 6) is 0. The molecule has 0 saturated heterocycles. The van der Waals surface area contributed by atoms with Gasteiger partial charge in [-0.05, 0) is 32.0 Å². The molecule has 0 bridgehead atoms. The molecule has 15 heavy (non-hydrogen) atoms. The van der Waals surface area contributed by atoms with E-state index in [0.717, 1.165) is 18.2 Å². The summed E-state index contributed by atoms with van der Waals surface area (Å²) < 4.78 is 37.1. The maximum atomic E-state index is 12.4. The van der Waals surface area contributed by atoms with Crippen LogP contribution in [0.15, 0.2) is 18.2 Å². The molecule has 0 aliphatic carbocycles. The van der Waals surface area contributed by atoms with Crippen LogP contribution in [0.5, 0.6) is 0 Å². The topological polar surface area (TPSA) is 46.2 Å². The fourth-order valence-corrected chi connectivity index (χ4v) is 1.26. The van der Waals surface area contributed by atoms with E-state index in [-0.39, 0.29) is 11.3 Å². The Balaban J connectivity index is 3.30. The maximum Gasteiger partial charge on any atom is 0.416 e. The zero-order valence-electron chi connectivity index (χ0n) is 8.39. The summed E-state index contributed by atoms with van der Waals surface area (Å²) in [6.45, 7) is 2.78. The lowest BCUT2D eigenvalue weighted by Crippen LogP contribution is -2.19. The Morgan fingerprint density at radius 2 is 1.73 bits per heavy atom. The Morgan fingerprint density at radius 1 is 1.20 bits per heavy atom. The van der Waals surface area contributed by atoms with Crippen molar-refractivity contribution in [2.45, 2.75) is 25.6 Å². The van der Waals surface area contributed by atoms with Crippen LogP contribution in [-0.4, -0.2) is 5.11 Å². The predicted molar refractivity (Wildman–Crippen MR) is 51.1 cm³/mol. The smallest absolute Gasteiger partial charge is 0.398 e. The summed E-state index contributed by atoms with van der Waals surface area (Å²) in [6, 6.07) is 2.91. The number of anilines is 1. The van der Waals surface area contributed by atoms with Gasteiger partial charge < -0.3 is 10.8 Å². The first-order chi connectivity index (χ1) is 6.62. The summed E-state index contributed by atoms with van der Waals surface area (Å²) in [6.07, 6.45) is -4.42. The Hall–Kier alpha value is -1.23. The molecule has 5 heteroatoms. The van der Waals surface area contributed by atoms with Crippen LogP contribution < -0.4 is 5.73 Å². The molecule has 0 fully saturated rings. The van der Waals surface area contributed by atoms with Crippen LogP contribution in [0.1, 0.15) is 25.0 Å². The van der Waals surface area contributed by atoms with Gasteiger partial charge in [0.2, 0.25) is 0 Å². The fourth-order valence-electron chi connectivity index (χ4n) is 1.26. The first-order valence-electron chi connectivity index (χ1n) is 4.32. The summed E-state index contributed by atoms with van der Waals surface area (Å²) >= 11 is 0. The third kappa shape index (κ3) is 2.62. The van der Waals surface area contributed by atoms with Crippen molar-refractivity contribution in [3.8, 4) is 0 Å². The van der Waals surface area contributed by atoms with Gasteiger partial charge in [-0.25, -0.2) is 0 Å². The molecule has 0 unspecified atom stereocenters. The van der Waals surface area contributed by atoms with Crippen molar-refractivity contribution in [3.63, 3.8) is 0 Å². The number of rotatable bonds is 1. The number of hydrogen-bond donors (Lipinski definition) is 2. The highest BCUT2D eigenvalue weighted by molar-refractivity contribution is 5.51. The minimum atomic E-state index is -4.42. The third-order valence-electron chi connectivity index (χ3n) is 2.04. The highest BCUT2D eigenvalue weighted by Gasteiger charge is 2.32. The SMILES string of the molecule is CC(C)(O)c1cc(C(F)(F)F)ccc1N. The average molecular weight is 219 g/mol. The van der Waals surface area contributed by atoms with Gasteiger partial charge >= 0.3 is 6.18 Å². The van der Waals surface area contributed by atoms with Crippen molar-refractivity contribution < 1.29 is 18.3 Å². The molecule has 0 aliphatic heterocycles. The molecule has 1 aromatic rings. The molecule has 1 rings (SSSR count). The molecule has 0 aliphatic rings. The Bertz CT molecular complexity index is 366. The third-order valence-corrected chi connectivity index (χ3v) is 2.04. The van der Waals surface area contributed by atoms with Crippen LogP contribution in [0.25, 0.3) is 0 Å². The van der Waals surface area contributed by atoms with Gasteiger partial charge in [0.25, 0.3) is 0 Å². The molecule has 0 radical (unpaired) electrons. The summed E-state index contributed by atoms with van der Waals surface area (Å²) in [5.41, 5.74) is 3.53. The predicted octanol–water partition coefficient (Wildman–Crippen LogP) is 2.51. The lowest BCUT2D eigenvalue weighted by molar-refractivity contribution is -0.137. The van der Waals surface area contributed by atoms with Crippen molar-refractivity contribution in [1.82, 2.24) is 0 Å². The van der Waals surface area contributed by atoms with Gasteiger partial charge in [0.15, 0.2) is 0 Å². The van der Waals surface area contributed by atoms with E-state index in [1.54, 1.807) is 0 Å². The number of aliphatic hydroxyl groups is 1. The average Bonchev–Trinajstić information content (AvgIpc) is 2.00. The highest BCUT2D eigenvalue weighted by Crippen LogP contribution is 2.34. The molecular formula is C10H12F3NO. The van der Waals surface area contributed by atoms with E-state index in [1.807, 2.05) is 0 Å². The van der Waals surface area contributed by atoms with Gasteiger partial charge in [0.05, 0.1) is 11.2 Å². The van der Waals surface area contributed by atoms with E-state index in [1.165, 1.54) is 13.8 Å². The minimum Gasteiger partial charge on any atom is -0.398 e.